The molecule has 0 aliphatic carbocycles. The van der Waals surface area contributed by atoms with Crippen LogP contribution in [-0.2, 0) is 4.79 Å². The van der Waals surface area contributed by atoms with Crippen molar-refractivity contribution in [2.75, 3.05) is 0 Å². The standard InChI is InChI=1S/C13H20OSi/c1-11(14)15(5,13(2,3)4)12-9-7-6-8-10-12/h6-10H,1-5H3. The molecule has 1 aromatic rings. The highest BCUT2D eigenvalue weighted by molar-refractivity contribution is 7.15. The molecule has 1 aromatic carbocycles. The van der Waals surface area contributed by atoms with E-state index in [2.05, 4.69) is 39.5 Å². The van der Waals surface area contributed by atoms with Gasteiger partial charge in [0.2, 0.25) is 0 Å². The van der Waals surface area contributed by atoms with Gasteiger partial charge in [0.25, 0.3) is 0 Å². The van der Waals surface area contributed by atoms with Crippen molar-refractivity contribution in [1.82, 2.24) is 0 Å². The van der Waals surface area contributed by atoms with Crippen LogP contribution in [0.4, 0.5) is 0 Å². The Kier molecular flexibility index (Phi) is 3.19. The van der Waals surface area contributed by atoms with Crippen molar-refractivity contribution < 1.29 is 4.79 Å². The molecule has 0 aliphatic rings. The van der Waals surface area contributed by atoms with Crippen LogP contribution < -0.4 is 5.19 Å². The van der Waals surface area contributed by atoms with Gasteiger partial charge in [0.05, 0.1) is 0 Å². The fraction of sp³-hybridized carbons (Fsp3) is 0.462. The topological polar surface area (TPSA) is 17.1 Å². The lowest BCUT2D eigenvalue weighted by molar-refractivity contribution is -0.110. The summed E-state index contributed by atoms with van der Waals surface area (Å²) in [6.45, 7) is 10.4. The third-order valence-electron chi connectivity index (χ3n) is 3.56. The smallest absolute Gasteiger partial charge is 0.165 e. The second-order valence-electron chi connectivity index (χ2n) is 5.30. The van der Waals surface area contributed by atoms with Crippen molar-refractivity contribution in [3.05, 3.63) is 30.3 Å². The van der Waals surface area contributed by atoms with E-state index in [9.17, 15) is 4.79 Å². The average molecular weight is 220 g/mol. The molecular formula is C13H20OSi. The zero-order chi connectivity index (χ0) is 11.7. The van der Waals surface area contributed by atoms with Gasteiger partial charge >= 0.3 is 0 Å². The predicted octanol–water partition coefficient (Wildman–Crippen LogP) is 2.90. The van der Waals surface area contributed by atoms with Crippen molar-refractivity contribution >= 4 is 18.7 Å². The van der Waals surface area contributed by atoms with E-state index >= 15 is 0 Å². The van der Waals surface area contributed by atoms with Crippen LogP contribution in [0.15, 0.2) is 30.3 Å². The van der Waals surface area contributed by atoms with Crippen LogP contribution in [0.2, 0.25) is 11.6 Å². The second-order valence-corrected chi connectivity index (χ2v) is 10.3. The maximum atomic E-state index is 12.0. The third kappa shape index (κ3) is 2.05. The summed E-state index contributed by atoms with van der Waals surface area (Å²) in [5, 5.41) is 1.67. The first-order chi connectivity index (χ1) is 6.80. The van der Waals surface area contributed by atoms with Crippen LogP contribution in [0, 0.1) is 0 Å². The van der Waals surface area contributed by atoms with Gasteiger partial charge in [-0.15, -0.1) is 0 Å². The number of carbonyl (C=O) groups is 1. The van der Waals surface area contributed by atoms with Crippen molar-refractivity contribution in [2.24, 2.45) is 0 Å². The van der Waals surface area contributed by atoms with Gasteiger partial charge in [-0.05, 0) is 12.0 Å². The Morgan fingerprint density at radius 3 is 1.93 bits per heavy atom. The lowest BCUT2D eigenvalue weighted by atomic mass is 10.2. The van der Waals surface area contributed by atoms with Crippen molar-refractivity contribution in [1.29, 1.82) is 0 Å². The highest BCUT2D eigenvalue weighted by Crippen LogP contribution is 2.36. The van der Waals surface area contributed by atoms with Gasteiger partial charge in [-0.1, -0.05) is 62.8 Å². The molecule has 15 heavy (non-hydrogen) atoms. The second kappa shape index (κ2) is 3.93. The first kappa shape index (κ1) is 12.2. The summed E-state index contributed by atoms with van der Waals surface area (Å²) in [6.07, 6.45) is 0. The Hall–Kier alpha value is -0.893. The number of hydrogen-bond donors (Lipinski definition) is 0. The van der Waals surface area contributed by atoms with Gasteiger partial charge in [0.1, 0.15) is 5.41 Å². The third-order valence-corrected chi connectivity index (χ3v) is 9.45. The van der Waals surface area contributed by atoms with Crippen LogP contribution in [0.5, 0.6) is 0 Å². The number of hydrogen-bond acceptors (Lipinski definition) is 1. The van der Waals surface area contributed by atoms with Gasteiger partial charge in [0.15, 0.2) is 8.07 Å². The highest BCUT2D eigenvalue weighted by Gasteiger charge is 2.45. The van der Waals surface area contributed by atoms with E-state index in [-0.39, 0.29) is 5.04 Å². The van der Waals surface area contributed by atoms with Gasteiger partial charge in [0, 0.05) is 0 Å². The summed E-state index contributed by atoms with van der Waals surface area (Å²) < 4.78 is 0. The molecule has 0 aliphatic heterocycles. The fourth-order valence-corrected chi connectivity index (χ4v) is 5.12. The summed E-state index contributed by atoms with van der Waals surface area (Å²) in [5.41, 5.74) is 0. The van der Waals surface area contributed by atoms with E-state index in [1.54, 1.807) is 6.92 Å². The zero-order valence-electron chi connectivity index (χ0n) is 10.3. The number of benzene rings is 1. The minimum atomic E-state index is -2.04. The molecule has 0 fully saturated rings. The minimum Gasteiger partial charge on any atom is -0.305 e. The molecule has 1 unspecified atom stereocenters. The normalized spacial score (nSPS) is 15.8. The summed E-state index contributed by atoms with van der Waals surface area (Å²) >= 11 is 0. The van der Waals surface area contributed by atoms with E-state index in [1.165, 1.54) is 5.19 Å². The van der Waals surface area contributed by atoms with Crippen LogP contribution in [0.3, 0.4) is 0 Å². The average Bonchev–Trinajstić information content (AvgIpc) is 2.16. The molecular weight excluding hydrogens is 200 g/mol. The van der Waals surface area contributed by atoms with Crippen LogP contribution >= 0.6 is 0 Å². The van der Waals surface area contributed by atoms with Gasteiger partial charge in [-0.25, -0.2) is 0 Å². The Labute approximate surface area is 93.5 Å². The molecule has 1 rings (SSSR count). The van der Waals surface area contributed by atoms with Crippen molar-refractivity contribution in [3.63, 3.8) is 0 Å². The molecule has 0 radical (unpaired) electrons. The van der Waals surface area contributed by atoms with E-state index in [4.69, 9.17) is 0 Å². The molecule has 1 atom stereocenters. The van der Waals surface area contributed by atoms with Gasteiger partial charge < -0.3 is 4.79 Å². The van der Waals surface area contributed by atoms with E-state index in [1.807, 2.05) is 18.2 Å². The van der Waals surface area contributed by atoms with Crippen molar-refractivity contribution in [3.8, 4) is 0 Å². The van der Waals surface area contributed by atoms with E-state index in [0.717, 1.165) is 0 Å². The lowest BCUT2D eigenvalue weighted by Gasteiger charge is -2.38. The molecule has 0 bridgehead atoms. The zero-order valence-corrected chi connectivity index (χ0v) is 11.3. The monoisotopic (exact) mass is 220 g/mol. The summed E-state index contributed by atoms with van der Waals surface area (Å²) in [4.78, 5) is 12.0. The quantitative estimate of drug-likeness (QED) is 0.700. The summed E-state index contributed by atoms with van der Waals surface area (Å²) in [5.74, 6) is 0. The Morgan fingerprint density at radius 1 is 1.13 bits per heavy atom. The molecule has 0 spiro atoms. The molecule has 0 amide bonds. The van der Waals surface area contributed by atoms with Crippen LogP contribution in [0.1, 0.15) is 27.7 Å². The summed E-state index contributed by atoms with van der Waals surface area (Å²) in [6, 6.07) is 10.2. The van der Waals surface area contributed by atoms with Crippen molar-refractivity contribution in [2.45, 2.75) is 39.3 Å². The van der Waals surface area contributed by atoms with E-state index < -0.39 is 8.07 Å². The van der Waals surface area contributed by atoms with Gasteiger partial charge in [-0.2, -0.15) is 0 Å². The number of rotatable bonds is 2. The molecule has 0 heterocycles. The minimum absolute atomic E-state index is 0.0696. The lowest BCUT2D eigenvalue weighted by Crippen LogP contribution is -2.58. The Bertz CT molecular complexity index is 351. The highest BCUT2D eigenvalue weighted by atomic mass is 28.3. The number of carbonyl (C=O) groups excluding carboxylic acids is 1. The maximum absolute atomic E-state index is 12.0. The first-order valence-electron chi connectivity index (χ1n) is 5.36. The molecule has 0 saturated heterocycles. The Morgan fingerprint density at radius 2 is 1.60 bits per heavy atom. The fourth-order valence-electron chi connectivity index (χ4n) is 1.94. The first-order valence-corrected chi connectivity index (χ1v) is 7.86. The molecule has 0 aromatic heterocycles. The molecule has 2 heteroatoms. The van der Waals surface area contributed by atoms with Crippen LogP contribution in [-0.4, -0.2) is 13.5 Å². The SMILES string of the molecule is CC(=O)[Si](C)(c1ccccc1)C(C)(C)C. The van der Waals surface area contributed by atoms with E-state index in [0.29, 0.717) is 5.41 Å². The molecule has 0 N–H and O–H groups in total. The summed E-state index contributed by atoms with van der Waals surface area (Å²) in [7, 11) is -2.04. The van der Waals surface area contributed by atoms with Crippen LogP contribution in [0.25, 0.3) is 0 Å². The largest absolute Gasteiger partial charge is 0.305 e. The molecule has 1 nitrogen and oxygen atoms in total. The Balaban J connectivity index is 3.32. The maximum Gasteiger partial charge on any atom is 0.165 e. The van der Waals surface area contributed by atoms with Gasteiger partial charge in [-0.3, -0.25) is 0 Å². The molecule has 82 valence electrons. The predicted molar refractivity (Wildman–Crippen MR) is 68.1 cm³/mol. The molecule has 0 saturated carbocycles.